The van der Waals surface area contributed by atoms with E-state index in [0.29, 0.717) is 11.8 Å². The molecule has 0 radical (unpaired) electrons. The summed E-state index contributed by atoms with van der Waals surface area (Å²) in [5.74, 6) is 0.173. The van der Waals surface area contributed by atoms with E-state index in [-0.39, 0.29) is 11.1 Å². The first-order chi connectivity index (χ1) is 8.56. The van der Waals surface area contributed by atoms with Gasteiger partial charge in [0.25, 0.3) is 0 Å². The predicted molar refractivity (Wildman–Crippen MR) is 73.9 cm³/mol. The molecule has 0 aliphatic heterocycles. The van der Waals surface area contributed by atoms with Gasteiger partial charge in [-0.25, -0.2) is 4.39 Å². The minimum atomic E-state index is -0.424. The molecule has 1 rings (SSSR count). The van der Waals surface area contributed by atoms with Crippen molar-refractivity contribution in [3.8, 4) is 5.75 Å². The second-order valence-corrected chi connectivity index (χ2v) is 4.83. The molecule has 0 saturated heterocycles. The number of ether oxygens (including phenoxy) is 1. The first kappa shape index (κ1) is 15.3. The van der Waals surface area contributed by atoms with Crippen molar-refractivity contribution < 1.29 is 9.13 Å². The number of hydrogen-bond donors (Lipinski definition) is 1. The molecule has 1 N–H and O–H groups in total. The Morgan fingerprint density at radius 1 is 1.33 bits per heavy atom. The zero-order valence-electron chi connectivity index (χ0n) is 11.2. The van der Waals surface area contributed by atoms with E-state index in [4.69, 9.17) is 16.3 Å². The molecular formula is C14H21ClFNO. The first-order valence-electron chi connectivity index (χ1n) is 6.41. The van der Waals surface area contributed by atoms with Gasteiger partial charge in [0.05, 0.1) is 5.02 Å². The Morgan fingerprint density at radius 2 is 2.00 bits per heavy atom. The van der Waals surface area contributed by atoms with Gasteiger partial charge < -0.3 is 10.1 Å². The second-order valence-electron chi connectivity index (χ2n) is 4.43. The molecule has 18 heavy (non-hydrogen) atoms. The average Bonchev–Trinajstić information content (AvgIpc) is 2.35. The summed E-state index contributed by atoms with van der Waals surface area (Å²) in [4.78, 5) is 0. The Balaban J connectivity index is 2.44. The van der Waals surface area contributed by atoms with E-state index in [1.54, 1.807) is 6.07 Å². The minimum absolute atomic E-state index is 0.0205. The molecule has 0 aliphatic carbocycles. The number of nitrogens with one attached hydrogen (secondary N) is 1. The Labute approximate surface area is 113 Å². The van der Waals surface area contributed by atoms with E-state index >= 15 is 0 Å². The Bertz CT molecular complexity index is 369. The second kappa shape index (κ2) is 7.59. The Morgan fingerprint density at radius 3 is 2.56 bits per heavy atom. The van der Waals surface area contributed by atoms with Crippen LogP contribution in [0.1, 0.15) is 33.6 Å². The highest BCUT2D eigenvalue weighted by molar-refractivity contribution is 6.30. The summed E-state index contributed by atoms with van der Waals surface area (Å²) >= 11 is 5.70. The van der Waals surface area contributed by atoms with Gasteiger partial charge >= 0.3 is 0 Å². The summed E-state index contributed by atoms with van der Waals surface area (Å²) in [6.45, 7) is 7.06. The maximum Gasteiger partial charge on any atom is 0.142 e. The van der Waals surface area contributed by atoms with Crippen LogP contribution < -0.4 is 10.1 Å². The van der Waals surface area contributed by atoms with Crippen LogP contribution in [0.4, 0.5) is 4.39 Å². The van der Waals surface area contributed by atoms with Crippen LogP contribution in [0, 0.1) is 5.82 Å². The fourth-order valence-electron chi connectivity index (χ4n) is 1.73. The summed E-state index contributed by atoms with van der Waals surface area (Å²) in [5, 5.41) is 3.52. The van der Waals surface area contributed by atoms with Gasteiger partial charge in [-0.05, 0) is 31.9 Å². The molecule has 0 fully saturated rings. The third-order valence-electron chi connectivity index (χ3n) is 2.91. The molecule has 1 atom stereocenters. The van der Waals surface area contributed by atoms with Gasteiger partial charge in [0.15, 0.2) is 0 Å². The van der Waals surface area contributed by atoms with Gasteiger partial charge in [0.2, 0.25) is 0 Å². The maximum atomic E-state index is 13.0. The summed E-state index contributed by atoms with van der Waals surface area (Å²) in [6.07, 6.45) is 2.23. The summed E-state index contributed by atoms with van der Waals surface area (Å²) < 4.78 is 18.7. The molecule has 1 unspecified atom stereocenters. The van der Waals surface area contributed by atoms with Gasteiger partial charge in [0.1, 0.15) is 17.7 Å². The quantitative estimate of drug-likeness (QED) is 0.810. The van der Waals surface area contributed by atoms with Gasteiger partial charge in [-0.15, -0.1) is 0 Å². The molecule has 1 aromatic carbocycles. The van der Waals surface area contributed by atoms with Gasteiger partial charge in [-0.3, -0.25) is 0 Å². The van der Waals surface area contributed by atoms with Crippen molar-refractivity contribution in [3.63, 3.8) is 0 Å². The predicted octanol–water partition coefficient (Wildman–Crippen LogP) is 4.02. The maximum absolute atomic E-state index is 13.0. The van der Waals surface area contributed by atoms with Crippen molar-refractivity contribution in [2.45, 2.75) is 45.8 Å². The van der Waals surface area contributed by atoms with Crippen LogP contribution in [0.15, 0.2) is 18.2 Å². The summed E-state index contributed by atoms with van der Waals surface area (Å²) in [6, 6.07) is 4.94. The number of benzene rings is 1. The molecule has 1 aromatic rings. The number of rotatable bonds is 7. The Hall–Kier alpha value is -0.800. The van der Waals surface area contributed by atoms with Crippen LogP contribution in [-0.4, -0.2) is 18.7 Å². The highest BCUT2D eigenvalue weighted by Gasteiger charge is 2.09. The van der Waals surface area contributed by atoms with E-state index in [9.17, 15) is 4.39 Å². The number of halogens is 2. The third-order valence-corrected chi connectivity index (χ3v) is 3.20. The molecule has 0 aliphatic rings. The number of hydrogen-bond acceptors (Lipinski definition) is 2. The SMILES string of the molecule is CCC(CC)NCC(C)Oc1ccc(F)c(Cl)c1. The largest absolute Gasteiger partial charge is 0.489 e. The van der Waals surface area contributed by atoms with Crippen molar-refractivity contribution in [1.82, 2.24) is 5.32 Å². The van der Waals surface area contributed by atoms with Crippen LogP contribution >= 0.6 is 11.6 Å². The molecule has 0 aromatic heterocycles. The smallest absolute Gasteiger partial charge is 0.142 e. The van der Waals surface area contributed by atoms with E-state index in [1.165, 1.54) is 12.1 Å². The molecule has 0 heterocycles. The third kappa shape index (κ3) is 4.83. The van der Waals surface area contributed by atoms with E-state index < -0.39 is 5.82 Å². The van der Waals surface area contributed by atoms with E-state index in [0.717, 1.165) is 19.4 Å². The van der Waals surface area contributed by atoms with Crippen LogP contribution in [0.2, 0.25) is 5.02 Å². The first-order valence-corrected chi connectivity index (χ1v) is 6.79. The Kier molecular flexibility index (Phi) is 6.44. The fourth-order valence-corrected chi connectivity index (χ4v) is 1.90. The lowest BCUT2D eigenvalue weighted by atomic mass is 10.1. The molecular weight excluding hydrogens is 253 g/mol. The molecule has 0 amide bonds. The summed E-state index contributed by atoms with van der Waals surface area (Å²) in [5.41, 5.74) is 0. The van der Waals surface area contributed by atoms with Crippen molar-refractivity contribution in [3.05, 3.63) is 29.0 Å². The lowest BCUT2D eigenvalue weighted by Gasteiger charge is -2.20. The minimum Gasteiger partial charge on any atom is -0.489 e. The van der Waals surface area contributed by atoms with Crippen molar-refractivity contribution in [2.24, 2.45) is 0 Å². The van der Waals surface area contributed by atoms with Crippen molar-refractivity contribution in [2.75, 3.05) is 6.54 Å². The highest BCUT2D eigenvalue weighted by Crippen LogP contribution is 2.21. The molecule has 0 bridgehead atoms. The van der Waals surface area contributed by atoms with Crippen molar-refractivity contribution in [1.29, 1.82) is 0 Å². The molecule has 2 nitrogen and oxygen atoms in total. The molecule has 102 valence electrons. The monoisotopic (exact) mass is 273 g/mol. The molecule has 0 spiro atoms. The van der Waals surface area contributed by atoms with Crippen molar-refractivity contribution >= 4 is 11.6 Å². The van der Waals surface area contributed by atoms with Gasteiger partial charge in [-0.1, -0.05) is 25.4 Å². The average molecular weight is 274 g/mol. The molecule has 4 heteroatoms. The lowest BCUT2D eigenvalue weighted by molar-refractivity contribution is 0.210. The van der Waals surface area contributed by atoms with Gasteiger partial charge in [-0.2, -0.15) is 0 Å². The fraction of sp³-hybridized carbons (Fsp3) is 0.571. The zero-order chi connectivity index (χ0) is 13.5. The topological polar surface area (TPSA) is 21.3 Å². The summed E-state index contributed by atoms with van der Waals surface area (Å²) in [7, 11) is 0. The molecule has 0 saturated carbocycles. The lowest BCUT2D eigenvalue weighted by Crippen LogP contribution is -2.36. The zero-order valence-corrected chi connectivity index (χ0v) is 11.9. The van der Waals surface area contributed by atoms with E-state index in [1.807, 2.05) is 6.92 Å². The van der Waals surface area contributed by atoms with Crippen LogP contribution in [0.25, 0.3) is 0 Å². The van der Waals surface area contributed by atoms with Crippen LogP contribution in [0.3, 0.4) is 0 Å². The van der Waals surface area contributed by atoms with Gasteiger partial charge in [0, 0.05) is 18.7 Å². The highest BCUT2D eigenvalue weighted by atomic mass is 35.5. The van der Waals surface area contributed by atoms with Crippen LogP contribution in [0.5, 0.6) is 5.75 Å². The van der Waals surface area contributed by atoms with Crippen LogP contribution in [-0.2, 0) is 0 Å². The standard InChI is InChI=1S/C14H21ClFNO/c1-4-11(5-2)17-9-10(3)18-12-6-7-14(16)13(15)8-12/h6-8,10-11,17H,4-5,9H2,1-3H3. The normalized spacial score (nSPS) is 12.8. The van der Waals surface area contributed by atoms with E-state index in [2.05, 4.69) is 19.2 Å².